The van der Waals surface area contributed by atoms with E-state index in [2.05, 4.69) is 18.4 Å². The number of hydrogen-bond donors (Lipinski definition) is 0. The lowest BCUT2D eigenvalue weighted by Crippen LogP contribution is -2.34. The van der Waals surface area contributed by atoms with Crippen LogP contribution in [0.3, 0.4) is 0 Å². The minimum absolute atomic E-state index is 0.883. The Morgan fingerprint density at radius 1 is 1.40 bits per heavy atom. The summed E-state index contributed by atoms with van der Waals surface area (Å²) < 4.78 is 5.20. The maximum absolute atomic E-state index is 5.20. The molecule has 0 spiro atoms. The van der Waals surface area contributed by atoms with E-state index in [9.17, 15) is 0 Å². The van der Waals surface area contributed by atoms with E-state index >= 15 is 0 Å². The zero-order chi connectivity index (χ0) is 7.23. The van der Waals surface area contributed by atoms with Crippen LogP contribution in [0.2, 0.25) is 0 Å². The fraction of sp³-hybridized carbons (Fsp3) is 0.750. The first-order chi connectivity index (χ1) is 4.93. The molecule has 58 valence electrons. The molecule has 1 aliphatic rings. The molecule has 1 aliphatic heterocycles. The van der Waals surface area contributed by atoms with Crippen molar-refractivity contribution in [3.05, 3.63) is 13.5 Å². The second-order valence-corrected chi connectivity index (χ2v) is 2.47. The average molecular weight is 141 g/mol. The van der Waals surface area contributed by atoms with Crippen LogP contribution in [-0.4, -0.2) is 31.2 Å². The molecule has 0 N–H and O–H groups in total. The molecule has 1 fully saturated rings. The van der Waals surface area contributed by atoms with Crippen molar-refractivity contribution < 1.29 is 4.74 Å². The van der Waals surface area contributed by atoms with E-state index in [1.54, 1.807) is 0 Å². The summed E-state index contributed by atoms with van der Waals surface area (Å²) in [4.78, 5) is 2.31. The summed E-state index contributed by atoms with van der Waals surface area (Å²) in [5.74, 6) is 0. The van der Waals surface area contributed by atoms with Crippen LogP contribution in [-0.2, 0) is 4.74 Å². The van der Waals surface area contributed by atoms with E-state index in [4.69, 9.17) is 4.74 Å². The Bertz CT molecular complexity index is 79.3. The summed E-state index contributed by atoms with van der Waals surface area (Å²) in [5.41, 5.74) is 0. The van der Waals surface area contributed by atoms with Crippen LogP contribution >= 0.6 is 0 Å². The third-order valence-corrected chi connectivity index (χ3v) is 1.64. The monoisotopic (exact) mass is 141 g/mol. The maximum Gasteiger partial charge on any atom is 0.0594 e. The minimum Gasteiger partial charge on any atom is -0.379 e. The first kappa shape index (κ1) is 8.02. The fourth-order valence-corrected chi connectivity index (χ4v) is 1.03. The molecule has 0 atom stereocenters. The molecule has 10 heavy (non-hydrogen) atoms. The maximum atomic E-state index is 5.20. The van der Waals surface area contributed by atoms with E-state index < -0.39 is 0 Å². The SMILES string of the molecule is [CH2]CC[CH]N1CCOCC1. The second-order valence-electron chi connectivity index (χ2n) is 2.47. The molecule has 2 heteroatoms. The molecule has 0 aromatic carbocycles. The zero-order valence-corrected chi connectivity index (χ0v) is 6.38. The van der Waals surface area contributed by atoms with Gasteiger partial charge in [-0.3, -0.25) is 4.90 Å². The van der Waals surface area contributed by atoms with E-state index in [0.717, 1.165) is 39.1 Å². The Morgan fingerprint density at radius 3 is 2.70 bits per heavy atom. The quantitative estimate of drug-likeness (QED) is 0.583. The van der Waals surface area contributed by atoms with E-state index in [1.165, 1.54) is 0 Å². The summed E-state index contributed by atoms with van der Waals surface area (Å²) >= 11 is 0. The molecule has 1 rings (SSSR count). The van der Waals surface area contributed by atoms with Gasteiger partial charge in [-0.25, -0.2) is 0 Å². The van der Waals surface area contributed by atoms with Crippen molar-refractivity contribution in [2.75, 3.05) is 26.3 Å². The number of rotatable bonds is 3. The van der Waals surface area contributed by atoms with Crippen LogP contribution < -0.4 is 0 Å². The zero-order valence-electron chi connectivity index (χ0n) is 6.38. The highest BCUT2D eigenvalue weighted by atomic mass is 16.5. The van der Waals surface area contributed by atoms with Gasteiger partial charge in [-0.2, -0.15) is 0 Å². The highest BCUT2D eigenvalue weighted by Crippen LogP contribution is 2.03. The van der Waals surface area contributed by atoms with Crippen molar-refractivity contribution >= 4 is 0 Å². The van der Waals surface area contributed by atoms with Gasteiger partial charge in [0.25, 0.3) is 0 Å². The van der Waals surface area contributed by atoms with Gasteiger partial charge >= 0.3 is 0 Å². The van der Waals surface area contributed by atoms with Gasteiger partial charge in [0, 0.05) is 19.6 Å². The average Bonchev–Trinajstić information content (AvgIpc) is 2.03. The molecule has 1 heterocycles. The van der Waals surface area contributed by atoms with Crippen molar-refractivity contribution in [2.24, 2.45) is 0 Å². The standard InChI is InChI=1S/C8H15NO/c1-2-3-4-9-5-7-10-8-6-9/h4H,1-3,5-8H2. The predicted octanol–water partition coefficient (Wildman–Crippen LogP) is 1.09. The molecular formula is C8H15NO. The molecule has 0 aliphatic carbocycles. The Balaban J connectivity index is 2.02. The number of hydrogen-bond acceptors (Lipinski definition) is 2. The molecule has 1 saturated heterocycles. The Morgan fingerprint density at radius 2 is 2.10 bits per heavy atom. The summed E-state index contributed by atoms with van der Waals surface area (Å²) in [5, 5.41) is 0. The third-order valence-electron chi connectivity index (χ3n) is 1.64. The summed E-state index contributed by atoms with van der Waals surface area (Å²) in [7, 11) is 0. The highest BCUT2D eigenvalue weighted by molar-refractivity contribution is 4.71. The molecule has 2 nitrogen and oxygen atoms in total. The van der Waals surface area contributed by atoms with Crippen LogP contribution in [0.4, 0.5) is 0 Å². The van der Waals surface area contributed by atoms with Crippen LogP contribution in [0, 0.1) is 13.5 Å². The van der Waals surface area contributed by atoms with E-state index in [1.807, 2.05) is 0 Å². The van der Waals surface area contributed by atoms with Crippen molar-refractivity contribution in [1.29, 1.82) is 0 Å². The Kier molecular flexibility index (Phi) is 3.76. The summed E-state index contributed by atoms with van der Waals surface area (Å²) in [6.07, 6.45) is 2.09. The number of unbranched alkanes of at least 4 members (excludes halogenated alkanes) is 1. The third kappa shape index (κ3) is 2.67. The van der Waals surface area contributed by atoms with Crippen molar-refractivity contribution in [2.45, 2.75) is 12.8 Å². The molecule has 0 unspecified atom stereocenters. The highest BCUT2D eigenvalue weighted by Gasteiger charge is 2.08. The number of ether oxygens (including phenoxy) is 1. The van der Waals surface area contributed by atoms with Crippen molar-refractivity contribution in [3.63, 3.8) is 0 Å². The molecule has 2 radical (unpaired) electrons. The number of nitrogens with zero attached hydrogens (tertiary/aromatic N) is 1. The van der Waals surface area contributed by atoms with Crippen LogP contribution in [0.5, 0.6) is 0 Å². The van der Waals surface area contributed by atoms with Crippen molar-refractivity contribution in [1.82, 2.24) is 4.90 Å². The van der Waals surface area contributed by atoms with Crippen LogP contribution in [0.1, 0.15) is 12.8 Å². The number of morpholine rings is 1. The predicted molar refractivity (Wildman–Crippen MR) is 41.3 cm³/mol. The largest absolute Gasteiger partial charge is 0.379 e. The lowest BCUT2D eigenvalue weighted by Gasteiger charge is -2.25. The van der Waals surface area contributed by atoms with Gasteiger partial charge < -0.3 is 4.74 Å². The van der Waals surface area contributed by atoms with Gasteiger partial charge in [-0.1, -0.05) is 13.3 Å². The molecule has 0 aromatic rings. The normalized spacial score (nSPS) is 21.3. The minimum atomic E-state index is 0.883. The van der Waals surface area contributed by atoms with Crippen LogP contribution in [0.25, 0.3) is 0 Å². The Labute approximate surface area is 63.2 Å². The van der Waals surface area contributed by atoms with Gasteiger partial charge in [0.1, 0.15) is 0 Å². The lowest BCUT2D eigenvalue weighted by atomic mass is 10.3. The van der Waals surface area contributed by atoms with Gasteiger partial charge in [0.2, 0.25) is 0 Å². The summed E-state index contributed by atoms with van der Waals surface area (Å²) in [6.45, 7) is 9.89. The van der Waals surface area contributed by atoms with Gasteiger partial charge in [-0.05, 0) is 6.42 Å². The van der Waals surface area contributed by atoms with Gasteiger partial charge in [0.05, 0.1) is 13.2 Å². The topological polar surface area (TPSA) is 12.5 Å². The van der Waals surface area contributed by atoms with E-state index in [0.29, 0.717) is 0 Å². The summed E-state index contributed by atoms with van der Waals surface area (Å²) in [6, 6.07) is 0. The van der Waals surface area contributed by atoms with Crippen molar-refractivity contribution in [3.8, 4) is 0 Å². The molecule has 0 amide bonds. The smallest absolute Gasteiger partial charge is 0.0594 e. The first-order valence-corrected chi connectivity index (χ1v) is 3.88. The van der Waals surface area contributed by atoms with E-state index in [-0.39, 0.29) is 0 Å². The van der Waals surface area contributed by atoms with Crippen LogP contribution in [0.15, 0.2) is 0 Å². The molecular weight excluding hydrogens is 126 g/mol. The van der Waals surface area contributed by atoms with Gasteiger partial charge in [-0.15, -0.1) is 0 Å². The second kappa shape index (κ2) is 4.69. The molecule has 0 aromatic heterocycles. The fourth-order valence-electron chi connectivity index (χ4n) is 1.03. The Hall–Kier alpha value is -0.0800. The lowest BCUT2D eigenvalue weighted by molar-refractivity contribution is 0.0500. The van der Waals surface area contributed by atoms with Gasteiger partial charge in [0.15, 0.2) is 0 Å². The molecule has 0 saturated carbocycles. The first-order valence-electron chi connectivity index (χ1n) is 3.88. The molecule has 0 bridgehead atoms.